The fourth-order valence-electron chi connectivity index (χ4n) is 3.44. The van der Waals surface area contributed by atoms with Gasteiger partial charge in [-0.15, -0.1) is 0 Å². The molecule has 0 unspecified atom stereocenters. The quantitative estimate of drug-likeness (QED) is 0.915. The van der Waals surface area contributed by atoms with Crippen molar-refractivity contribution < 1.29 is 19.4 Å². The van der Waals surface area contributed by atoms with E-state index in [4.69, 9.17) is 4.74 Å². The smallest absolute Gasteiger partial charge is 0.411 e. The van der Waals surface area contributed by atoms with Crippen molar-refractivity contribution in [2.75, 3.05) is 6.54 Å². The highest BCUT2D eigenvalue weighted by atomic mass is 16.6. The molecule has 1 fully saturated rings. The molecule has 0 spiro atoms. The Bertz CT molecular complexity index is 618. The number of nitrogens with zero attached hydrogens (tertiary/aromatic N) is 1. The topological polar surface area (TPSA) is 66.8 Å². The molecule has 1 aliphatic rings. The predicted octanol–water partition coefficient (Wildman–Crippen LogP) is 3.72. The summed E-state index contributed by atoms with van der Waals surface area (Å²) in [5.74, 6) is -0.984. The van der Waals surface area contributed by atoms with Crippen molar-refractivity contribution in [1.82, 2.24) is 4.90 Å². The molecule has 24 heavy (non-hydrogen) atoms. The number of carbonyl (C=O) groups is 2. The van der Waals surface area contributed by atoms with Gasteiger partial charge in [-0.2, -0.15) is 0 Å². The molecule has 0 saturated carbocycles. The van der Waals surface area contributed by atoms with Gasteiger partial charge in [0.2, 0.25) is 0 Å². The van der Waals surface area contributed by atoms with Crippen LogP contribution in [0, 0.1) is 5.41 Å². The highest BCUT2D eigenvalue weighted by molar-refractivity contribution is 5.86. The summed E-state index contributed by atoms with van der Waals surface area (Å²) in [5.41, 5.74) is -1.34. The highest BCUT2D eigenvalue weighted by Crippen LogP contribution is 2.44. The molecule has 5 nitrogen and oxygen atoms in total. The van der Waals surface area contributed by atoms with Gasteiger partial charge in [0.15, 0.2) is 0 Å². The Labute approximate surface area is 143 Å². The van der Waals surface area contributed by atoms with Crippen LogP contribution in [-0.4, -0.2) is 39.8 Å². The van der Waals surface area contributed by atoms with Gasteiger partial charge in [-0.05, 0) is 38.2 Å². The van der Waals surface area contributed by atoms with Crippen LogP contribution < -0.4 is 0 Å². The minimum Gasteiger partial charge on any atom is -0.479 e. The second-order valence-electron chi connectivity index (χ2n) is 8.41. The molecule has 1 aromatic carbocycles. The van der Waals surface area contributed by atoms with E-state index in [1.165, 1.54) is 4.90 Å². The van der Waals surface area contributed by atoms with Gasteiger partial charge in [-0.1, -0.05) is 44.2 Å². The summed E-state index contributed by atoms with van der Waals surface area (Å²) in [4.78, 5) is 26.4. The van der Waals surface area contributed by atoms with E-state index < -0.39 is 23.2 Å². The number of benzene rings is 1. The lowest BCUT2D eigenvalue weighted by Gasteiger charge is -2.36. The Morgan fingerprint density at radius 2 is 1.79 bits per heavy atom. The van der Waals surface area contributed by atoms with E-state index in [0.29, 0.717) is 13.0 Å². The number of likely N-dealkylation sites (tertiary alicyclic amines) is 1. The van der Waals surface area contributed by atoms with Gasteiger partial charge in [0.05, 0.1) is 0 Å². The number of ether oxygens (including phenoxy) is 1. The molecule has 1 aromatic rings. The van der Waals surface area contributed by atoms with Gasteiger partial charge in [0.25, 0.3) is 0 Å². The molecule has 0 radical (unpaired) electrons. The lowest BCUT2D eigenvalue weighted by atomic mass is 9.80. The second-order valence-corrected chi connectivity index (χ2v) is 8.41. The summed E-state index contributed by atoms with van der Waals surface area (Å²) in [6.45, 7) is 9.68. The normalized spacial score (nSPS) is 23.1. The molecule has 5 heteroatoms. The molecule has 1 N–H and O–H groups in total. The Kier molecular flexibility index (Phi) is 4.66. The number of amides is 1. The number of rotatable bonds is 3. The molecule has 0 bridgehead atoms. The van der Waals surface area contributed by atoms with Crippen LogP contribution in [0.15, 0.2) is 30.3 Å². The van der Waals surface area contributed by atoms with Crippen molar-refractivity contribution in [3.8, 4) is 0 Å². The van der Waals surface area contributed by atoms with Crippen LogP contribution in [0.25, 0.3) is 0 Å². The molecule has 1 saturated heterocycles. The van der Waals surface area contributed by atoms with Crippen LogP contribution in [0.1, 0.15) is 46.6 Å². The Balaban J connectivity index is 2.41. The average Bonchev–Trinajstić information content (AvgIpc) is 2.70. The van der Waals surface area contributed by atoms with Gasteiger partial charge < -0.3 is 9.84 Å². The van der Waals surface area contributed by atoms with E-state index in [-0.39, 0.29) is 11.8 Å². The van der Waals surface area contributed by atoms with Gasteiger partial charge in [0.1, 0.15) is 11.1 Å². The van der Waals surface area contributed by atoms with Crippen LogP contribution in [0.4, 0.5) is 4.79 Å². The summed E-state index contributed by atoms with van der Waals surface area (Å²) in [6, 6.07) is 9.43. The molecule has 1 aliphatic heterocycles. The predicted molar refractivity (Wildman–Crippen MR) is 91.9 cm³/mol. The maximum absolute atomic E-state index is 12.7. The third-order valence-corrected chi connectivity index (χ3v) is 4.23. The fourth-order valence-corrected chi connectivity index (χ4v) is 3.44. The van der Waals surface area contributed by atoms with E-state index in [9.17, 15) is 14.7 Å². The first-order chi connectivity index (χ1) is 11.0. The van der Waals surface area contributed by atoms with Crippen LogP contribution in [0.3, 0.4) is 0 Å². The van der Waals surface area contributed by atoms with Gasteiger partial charge in [0, 0.05) is 13.0 Å². The second kappa shape index (κ2) is 6.11. The van der Waals surface area contributed by atoms with E-state index in [1.54, 1.807) is 20.8 Å². The maximum atomic E-state index is 12.7. The first-order valence-electron chi connectivity index (χ1n) is 8.23. The number of hydrogen-bond acceptors (Lipinski definition) is 3. The van der Waals surface area contributed by atoms with Gasteiger partial charge in [-0.25, -0.2) is 9.59 Å². The SMILES string of the molecule is CC1(C)CN(C(=O)OC(C)(C)C)[C@@](Cc2ccccc2)(C(=O)O)C1. The molecule has 132 valence electrons. The summed E-state index contributed by atoms with van der Waals surface area (Å²) in [5, 5.41) is 10.0. The molecule has 2 rings (SSSR count). The lowest BCUT2D eigenvalue weighted by molar-refractivity contribution is -0.149. The number of carboxylic acids is 1. The van der Waals surface area contributed by atoms with Crippen molar-refractivity contribution in [2.24, 2.45) is 5.41 Å². The van der Waals surface area contributed by atoms with Crippen molar-refractivity contribution in [1.29, 1.82) is 0 Å². The van der Waals surface area contributed by atoms with Crippen LogP contribution in [-0.2, 0) is 16.0 Å². The molecule has 0 aliphatic carbocycles. The lowest BCUT2D eigenvalue weighted by Crippen LogP contribution is -2.55. The monoisotopic (exact) mass is 333 g/mol. The fraction of sp³-hybridized carbons (Fsp3) is 0.579. The molecular weight excluding hydrogens is 306 g/mol. The average molecular weight is 333 g/mol. The summed E-state index contributed by atoms with van der Waals surface area (Å²) >= 11 is 0. The zero-order valence-corrected chi connectivity index (χ0v) is 15.1. The highest BCUT2D eigenvalue weighted by Gasteiger charge is 2.57. The molecule has 0 aromatic heterocycles. The number of carbonyl (C=O) groups excluding carboxylic acids is 1. The summed E-state index contributed by atoms with van der Waals surface area (Å²) in [7, 11) is 0. The molecular formula is C19H27NO4. The summed E-state index contributed by atoms with van der Waals surface area (Å²) in [6.07, 6.45) is 0.0985. The van der Waals surface area contributed by atoms with Crippen LogP contribution in [0.2, 0.25) is 0 Å². The van der Waals surface area contributed by atoms with E-state index >= 15 is 0 Å². The third-order valence-electron chi connectivity index (χ3n) is 4.23. The van der Waals surface area contributed by atoms with Crippen molar-refractivity contribution in [2.45, 2.75) is 58.6 Å². The minimum atomic E-state index is -1.28. The number of carboxylic acid groups (broad SMARTS) is 1. The van der Waals surface area contributed by atoms with E-state index in [2.05, 4.69) is 0 Å². The Morgan fingerprint density at radius 1 is 1.21 bits per heavy atom. The standard InChI is InChI=1S/C19H27NO4/c1-17(2,3)24-16(23)20-13-18(4,5)12-19(20,15(21)22)11-14-9-7-6-8-10-14/h6-10H,11-13H2,1-5H3,(H,21,22)/t19-/m1/s1. The Hall–Kier alpha value is -2.04. The summed E-state index contributed by atoms with van der Waals surface area (Å²) < 4.78 is 5.48. The maximum Gasteiger partial charge on any atom is 0.411 e. The van der Waals surface area contributed by atoms with E-state index in [1.807, 2.05) is 44.2 Å². The van der Waals surface area contributed by atoms with Crippen molar-refractivity contribution >= 4 is 12.1 Å². The largest absolute Gasteiger partial charge is 0.479 e. The molecule has 1 atom stereocenters. The van der Waals surface area contributed by atoms with Crippen LogP contribution >= 0.6 is 0 Å². The molecule has 1 heterocycles. The van der Waals surface area contributed by atoms with Crippen molar-refractivity contribution in [3.63, 3.8) is 0 Å². The number of aliphatic carboxylic acids is 1. The zero-order chi connectivity index (χ0) is 18.2. The Morgan fingerprint density at radius 3 is 2.29 bits per heavy atom. The van der Waals surface area contributed by atoms with E-state index in [0.717, 1.165) is 5.56 Å². The van der Waals surface area contributed by atoms with Gasteiger partial charge in [-0.3, -0.25) is 4.90 Å². The molecule has 1 amide bonds. The number of hydrogen-bond donors (Lipinski definition) is 1. The van der Waals surface area contributed by atoms with Gasteiger partial charge >= 0.3 is 12.1 Å². The van der Waals surface area contributed by atoms with Crippen LogP contribution in [0.5, 0.6) is 0 Å². The van der Waals surface area contributed by atoms with Crippen molar-refractivity contribution in [3.05, 3.63) is 35.9 Å². The zero-order valence-electron chi connectivity index (χ0n) is 15.1. The first kappa shape index (κ1) is 18.3. The minimum absolute atomic E-state index is 0.270. The first-order valence-corrected chi connectivity index (χ1v) is 8.23. The third kappa shape index (κ3) is 3.89.